The van der Waals surface area contributed by atoms with Crippen LogP contribution < -0.4 is 5.32 Å². The van der Waals surface area contributed by atoms with Crippen molar-refractivity contribution < 1.29 is 4.79 Å². The zero-order valence-corrected chi connectivity index (χ0v) is 17.0. The zero-order valence-electron chi connectivity index (χ0n) is 16.2. The maximum atomic E-state index is 12.6. The van der Waals surface area contributed by atoms with Crippen LogP contribution >= 0.6 is 11.3 Å². The number of nitrogens with zero attached hydrogens (tertiary/aromatic N) is 4. The second-order valence-electron chi connectivity index (χ2n) is 7.24. The highest BCUT2D eigenvalue weighted by molar-refractivity contribution is 7.15. The lowest BCUT2D eigenvalue weighted by molar-refractivity contribution is -0.138. The molecule has 1 atom stereocenters. The van der Waals surface area contributed by atoms with E-state index >= 15 is 0 Å². The summed E-state index contributed by atoms with van der Waals surface area (Å²) in [5.41, 5.74) is 1.93. The van der Waals surface area contributed by atoms with Gasteiger partial charge in [-0.3, -0.25) is 4.79 Å². The van der Waals surface area contributed by atoms with Gasteiger partial charge >= 0.3 is 0 Å². The average Bonchev–Trinajstić information content (AvgIpc) is 2.91. The number of rotatable bonds is 4. The lowest BCUT2D eigenvalue weighted by atomic mass is 9.99. The van der Waals surface area contributed by atoms with Crippen molar-refractivity contribution in [1.82, 2.24) is 19.9 Å². The molecule has 0 radical (unpaired) electrons. The van der Waals surface area contributed by atoms with Gasteiger partial charge in [-0.15, -0.1) is 11.3 Å². The third-order valence-electron chi connectivity index (χ3n) is 4.71. The number of thiazole rings is 1. The number of carbonyl (C=O) groups is 1. The van der Waals surface area contributed by atoms with Crippen molar-refractivity contribution in [3.63, 3.8) is 0 Å². The molecular formula is C19H27N5OS. The fourth-order valence-electron chi connectivity index (χ4n) is 3.24. The molecular weight excluding hydrogens is 346 g/mol. The van der Waals surface area contributed by atoms with Crippen LogP contribution in [0.3, 0.4) is 0 Å². The first kappa shape index (κ1) is 18.8. The van der Waals surface area contributed by atoms with Gasteiger partial charge in [0.1, 0.15) is 5.82 Å². The SMILES string of the molecule is Cc1cc(Nc2nc(C)c(C)s2)nc([C@H]2CCCCN2C(=O)C(C)C)n1. The van der Waals surface area contributed by atoms with Gasteiger partial charge in [0.05, 0.1) is 11.7 Å². The number of likely N-dealkylation sites (tertiary alicyclic amines) is 1. The van der Waals surface area contributed by atoms with Gasteiger partial charge in [0.25, 0.3) is 0 Å². The van der Waals surface area contributed by atoms with E-state index in [1.54, 1.807) is 11.3 Å². The minimum Gasteiger partial charge on any atom is -0.332 e. The number of anilines is 2. The molecule has 1 aliphatic rings. The number of piperidine rings is 1. The highest BCUT2D eigenvalue weighted by Gasteiger charge is 2.31. The Bertz CT molecular complexity index is 782. The van der Waals surface area contributed by atoms with E-state index in [0.717, 1.165) is 54.0 Å². The third kappa shape index (κ3) is 4.03. The second kappa shape index (κ2) is 7.70. The average molecular weight is 374 g/mol. The van der Waals surface area contributed by atoms with Gasteiger partial charge in [-0.25, -0.2) is 15.0 Å². The fraction of sp³-hybridized carbons (Fsp3) is 0.579. The molecule has 3 heterocycles. The first-order valence-corrected chi connectivity index (χ1v) is 10.0. The van der Waals surface area contributed by atoms with Crippen molar-refractivity contribution in [1.29, 1.82) is 0 Å². The molecule has 0 spiro atoms. The summed E-state index contributed by atoms with van der Waals surface area (Å²) in [6, 6.07) is 1.88. The normalized spacial score (nSPS) is 17.6. The maximum absolute atomic E-state index is 12.6. The smallest absolute Gasteiger partial charge is 0.225 e. The number of hydrogen-bond donors (Lipinski definition) is 1. The fourth-order valence-corrected chi connectivity index (χ4v) is 4.06. The van der Waals surface area contributed by atoms with Crippen LogP contribution in [0.5, 0.6) is 0 Å². The van der Waals surface area contributed by atoms with Crippen LogP contribution in [0.25, 0.3) is 0 Å². The molecule has 0 bridgehead atoms. The van der Waals surface area contributed by atoms with Crippen molar-refractivity contribution >= 4 is 28.2 Å². The van der Waals surface area contributed by atoms with Gasteiger partial charge in [-0.05, 0) is 40.0 Å². The molecule has 1 amide bonds. The van der Waals surface area contributed by atoms with E-state index in [-0.39, 0.29) is 17.9 Å². The molecule has 1 N–H and O–H groups in total. The standard InChI is InChI=1S/C19H27N5OS/c1-11(2)18(25)24-9-7-6-8-15(24)17-20-12(3)10-16(22-17)23-19-21-13(4)14(5)26-19/h10-11,15H,6-9H2,1-5H3,(H,20,21,22,23)/t15-/m1/s1. The first-order chi connectivity index (χ1) is 12.3. The molecule has 6 nitrogen and oxygen atoms in total. The lowest BCUT2D eigenvalue weighted by Gasteiger charge is -2.36. The van der Waals surface area contributed by atoms with Crippen molar-refractivity contribution in [2.75, 3.05) is 11.9 Å². The Morgan fingerprint density at radius 2 is 2.00 bits per heavy atom. The predicted molar refractivity (Wildman–Crippen MR) is 105 cm³/mol. The largest absolute Gasteiger partial charge is 0.332 e. The quantitative estimate of drug-likeness (QED) is 0.864. The first-order valence-electron chi connectivity index (χ1n) is 9.22. The van der Waals surface area contributed by atoms with Crippen LogP contribution in [-0.4, -0.2) is 32.3 Å². The van der Waals surface area contributed by atoms with Crippen molar-refractivity contribution in [2.24, 2.45) is 5.92 Å². The van der Waals surface area contributed by atoms with Crippen molar-refractivity contribution in [3.8, 4) is 0 Å². The highest BCUT2D eigenvalue weighted by Crippen LogP contribution is 2.31. The van der Waals surface area contributed by atoms with E-state index < -0.39 is 0 Å². The lowest BCUT2D eigenvalue weighted by Crippen LogP contribution is -2.41. The molecule has 7 heteroatoms. The molecule has 0 saturated carbocycles. The van der Waals surface area contributed by atoms with Crippen LogP contribution in [0.2, 0.25) is 0 Å². The molecule has 1 saturated heterocycles. The van der Waals surface area contributed by atoms with E-state index in [1.165, 1.54) is 4.88 Å². The van der Waals surface area contributed by atoms with Crippen LogP contribution in [0.15, 0.2) is 6.07 Å². The number of carbonyl (C=O) groups excluding carboxylic acids is 1. The number of aryl methyl sites for hydroxylation is 3. The van der Waals surface area contributed by atoms with Crippen molar-refractivity contribution in [2.45, 2.75) is 59.9 Å². The molecule has 0 aromatic carbocycles. The van der Waals surface area contributed by atoms with Crippen molar-refractivity contribution in [3.05, 3.63) is 28.2 Å². The Morgan fingerprint density at radius 1 is 1.23 bits per heavy atom. The molecule has 3 rings (SSSR count). The van der Waals surface area contributed by atoms with Crippen LogP contribution in [0, 0.1) is 26.7 Å². The van der Waals surface area contributed by atoms with Crippen LogP contribution in [-0.2, 0) is 4.79 Å². The summed E-state index contributed by atoms with van der Waals surface area (Å²) >= 11 is 1.62. The van der Waals surface area contributed by atoms with Crippen LogP contribution in [0.4, 0.5) is 10.9 Å². The maximum Gasteiger partial charge on any atom is 0.225 e. The number of amides is 1. The summed E-state index contributed by atoms with van der Waals surface area (Å²) in [5, 5.41) is 4.14. The Kier molecular flexibility index (Phi) is 5.55. The second-order valence-corrected chi connectivity index (χ2v) is 8.44. The van der Waals surface area contributed by atoms with Gasteiger partial charge in [0.2, 0.25) is 5.91 Å². The summed E-state index contributed by atoms with van der Waals surface area (Å²) in [6.07, 6.45) is 3.05. The van der Waals surface area contributed by atoms with Gasteiger partial charge in [0.15, 0.2) is 11.0 Å². The van der Waals surface area contributed by atoms with Crippen LogP contribution in [0.1, 0.15) is 61.2 Å². The predicted octanol–water partition coefficient (Wildman–Crippen LogP) is 4.31. The summed E-state index contributed by atoms with van der Waals surface area (Å²) < 4.78 is 0. The Hall–Kier alpha value is -2.02. The molecule has 1 aliphatic heterocycles. The highest BCUT2D eigenvalue weighted by atomic mass is 32.1. The Morgan fingerprint density at radius 3 is 2.65 bits per heavy atom. The van der Waals surface area contributed by atoms with Gasteiger partial charge < -0.3 is 10.2 Å². The Labute approximate surface area is 159 Å². The summed E-state index contributed by atoms with van der Waals surface area (Å²) in [4.78, 5) is 29.7. The van der Waals surface area contributed by atoms with E-state index in [0.29, 0.717) is 0 Å². The summed E-state index contributed by atoms with van der Waals surface area (Å²) in [6.45, 7) is 10.7. The van der Waals surface area contributed by atoms with Gasteiger partial charge in [-0.2, -0.15) is 0 Å². The zero-order chi connectivity index (χ0) is 18.8. The molecule has 1 fully saturated rings. The summed E-state index contributed by atoms with van der Waals surface area (Å²) in [7, 11) is 0. The van der Waals surface area contributed by atoms with Gasteiger partial charge in [0, 0.05) is 29.1 Å². The summed E-state index contributed by atoms with van der Waals surface area (Å²) in [5.74, 6) is 1.63. The van der Waals surface area contributed by atoms with E-state index in [1.807, 2.05) is 38.7 Å². The topological polar surface area (TPSA) is 71.0 Å². The third-order valence-corrected chi connectivity index (χ3v) is 5.70. The Balaban J connectivity index is 1.89. The molecule has 0 aliphatic carbocycles. The minimum atomic E-state index is -0.0427. The van der Waals surface area contributed by atoms with Gasteiger partial charge in [-0.1, -0.05) is 13.8 Å². The number of aromatic nitrogens is 3. The monoisotopic (exact) mass is 373 g/mol. The minimum absolute atomic E-state index is 0.0146. The van der Waals surface area contributed by atoms with E-state index in [9.17, 15) is 4.79 Å². The molecule has 140 valence electrons. The number of nitrogens with one attached hydrogen (secondary N) is 1. The molecule has 2 aromatic heterocycles. The van der Waals surface area contributed by atoms with E-state index in [2.05, 4.69) is 22.2 Å². The van der Waals surface area contributed by atoms with E-state index in [4.69, 9.17) is 4.98 Å². The molecule has 0 unspecified atom stereocenters. The molecule has 2 aromatic rings. The number of hydrogen-bond acceptors (Lipinski definition) is 6. The molecule has 26 heavy (non-hydrogen) atoms.